The maximum absolute atomic E-state index is 5.05. The normalized spacial score (nSPS) is 22.7. The predicted molar refractivity (Wildman–Crippen MR) is 62.7 cm³/mol. The van der Waals surface area contributed by atoms with Crippen LogP contribution in [0.4, 0.5) is 0 Å². The van der Waals surface area contributed by atoms with Gasteiger partial charge >= 0.3 is 0 Å². The maximum Gasteiger partial charge on any atom is 0.0589 e. The monoisotopic (exact) mass is 201 g/mol. The second-order valence-corrected chi connectivity index (χ2v) is 4.08. The zero-order chi connectivity index (χ0) is 10.8. The van der Waals surface area contributed by atoms with Crippen LogP contribution < -0.4 is 0 Å². The van der Waals surface area contributed by atoms with E-state index in [1.54, 1.807) is 7.11 Å². The van der Waals surface area contributed by atoms with Crippen molar-refractivity contribution in [2.45, 2.75) is 52.5 Å². The zero-order valence-electron chi connectivity index (χ0n) is 10.4. The third kappa shape index (κ3) is 6.39. The van der Waals surface area contributed by atoms with Gasteiger partial charge in [-0.15, -0.1) is 0 Å². The summed E-state index contributed by atoms with van der Waals surface area (Å²) in [5.41, 5.74) is 0. The van der Waals surface area contributed by atoms with Crippen molar-refractivity contribution in [3.05, 3.63) is 0 Å². The lowest BCUT2D eigenvalue weighted by Gasteiger charge is -2.32. The summed E-state index contributed by atoms with van der Waals surface area (Å²) in [7, 11) is 1.77. The fourth-order valence-corrected chi connectivity index (χ4v) is 1.70. The summed E-state index contributed by atoms with van der Waals surface area (Å²) >= 11 is 0. The molecule has 0 spiro atoms. The molecule has 1 aliphatic rings. The van der Waals surface area contributed by atoms with Crippen molar-refractivity contribution in [1.82, 2.24) is 4.90 Å². The van der Waals surface area contributed by atoms with Gasteiger partial charge < -0.3 is 4.74 Å². The van der Waals surface area contributed by atoms with Crippen LogP contribution in [-0.4, -0.2) is 37.7 Å². The predicted octanol–water partition coefficient (Wildman–Crippen LogP) is 2.92. The largest absolute Gasteiger partial charge is 0.383 e. The Morgan fingerprint density at radius 3 is 2.43 bits per heavy atom. The number of nitrogens with zero attached hydrogens (tertiary/aromatic N) is 1. The van der Waals surface area contributed by atoms with Crippen LogP contribution in [0.2, 0.25) is 0 Å². The van der Waals surface area contributed by atoms with Gasteiger partial charge in [-0.2, -0.15) is 0 Å². The van der Waals surface area contributed by atoms with Gasteiger partial charge in [-0.25, -0.2) is 0 Å². The van der Waals surface area contributed by atoms with Gasteiger partial charge in [0.2, 0.25) is 0 Å². The highest BCUT2D eigenvalue weighted by Gasteiger charge is 2.16. The molecular formula is C12H27NO. The van der Waals surface area contributed by atoms with E-state index in [0.29, 0.717) is 0 Å². The number of rotatable bonds is 3. The van der Waals surface area contributed by atoms with E-state index in [1.807, 2.05) is 0 Å². The summed E-state index contributed by atoms with van der Waals surface area (Å²) in [6.07, 6.45) is 5.39. The Labute approximate surface area is 89.6 Å². The standard InChI is InChI=1S/C9H19NO.C3H8/c1-9-5-3-4-6-10(9)7-8-11-2;1-3-2/h9H,3-8H2,1-2H3;3H2,1-2H3/t9-;/m1./s1. The van der Waals surface area contributed by atoms with Crippen molar-refractivity contribution >= 4 is 0 Å². The summed E-state index contributed by atoms with van der Waals surface area (Å²) in [6.45, 7) is 9.82. The van der Waals surface area contributed by atoms with Gasteiger partial charge in [0.25, 0.3) is 0 Å². The van der Waals surface area contributed by atoms with Crippen molar-refractivity contribution in [3.8, 4) is 0 Å². The number of likely N-dealkylation sites (tertiary alicyclic amines) is 1. The SMILES string of the molecule is CCC.COCCN1CCCC[C@H]1C. The summed E-state index contributed by atoms with van der Waals surface area (Å²) in [4.78, 5) is 2.52. The molecule has 1 rings (SSSR count). The highest BCUT2D eigenvalue weighted by molar-refractivity contribution is 4.72. The molecule has 2 heteroatoms. The first kappa shape index (κ1) is 13.9. The Kier molecular flexibility index (Phi) is 9.42. The van der Waals surface area contributed by atoms with E-state index < -0.39 is 0 Å². The summed E-state index contributed by atoms with van der Waals surface area (Å²) in [5.74, 6) is 0. The van der Waals surface area contributed by atoms with Gasteiger partial charge in [0.05, 0.1) is 6.61 Å². The molecule has 1 atom stereocenters. The molecule has 0 radical (unpaired) electrons. The molecule has 86 valence electrons. The van der Waals surface area contributed by atoms with Crippen LogP contribution in [-0.2, 0) is 4.74 Å². The number of piperidine rings is 1. The first-order valence-electron chi connectivity index (χ1n) is 5.99. The lowest BCUT2D eigenvalue weighted by Crippen LogP contribution is -2.39. The lowest BCUT2D eigenvalue weighted by molar-refractivity contribution is 0.103. The second-order valence-electron chi connectivity index (χ2n) is 4.08. The molecule has 1 heterocycles. The molecule has 0 aromatic carbocycles. The van der Waals surface area contributed by atoms with Crippen LogP contribution in [0, 0.1) is 0 Å². The Hall–Kier alpha value is -0.0800. The molecule has 0 amide bonds. The van der Waals surface area contributed by atoms with Gasteiger partial charge in [-0.3, -0.25) is 4.90 Å². The van der Waals surface area contributed by atoms with Crippen LogP contribution in [0.15, 0.2) is 0 Å². The van der Waals surface area contributed by atoms with Crippen LogP contribution in [0.3, 0.4) is 0 Å². The van der Waals surface area contributed by atoms with Gasteiger partial charge in [0, 0.05) is 19.7 Å². The molecule has 0 saturated carbocycles. The van der Waals surface area contributed by atoms with Gasteiger partial charge in [-0.05, 0) is 26.3 Å². The van der Waals surface area contributed by atoms with Crippen LogP contribution in [0.1, 0.15) is 46.5 Å². The number of methoxy groups -OCH3 is 1. The van der Waals surface area contributed by atoms with E-state index in [-0.39, 0.29) is 0 Å². The highest BCUT2D eigenvalue weighted by Crippen LogP contribution is 2.15. The smallest absolute Gasteiger partial charge is 0.0589 e. The maximum atomic E-state index is 5.05. The molecule has 14 heavy (non-hydrogen) atoms. The topological polar surface area (TPSA) is 12.5 Å². The van der Waals surface area contributed by atoms with E-state index >= 15 is 0 Å². The van der Waals surface area contributed by atoms with E-state index in [4.69, 9.17) is 4.74 Å². The Morgan fingerprint density at radius 1 is 1.29 bits per heavy atom. The quantitative estimate of drug-likeness (QED) is 0.696. The van der Waals surface area contributed by atoms with Crippen LogP contribution >= 0.6 is 0 Å². The third-order valence-electron chi connectivity index (χ3n) is 2.52. The third-order valence-corrected chi connectivity index (χ3v) is 2.52. The molecule has 0 aliphatic carbocycles. The fraction of sp³-hybridized carbons (Fsp3) is 1.00. The molecule has 2 nitrogen and oxygen atoms in total. The Morgan fingerprint density at radius 2 is 1.93 bits per heavy atom. The highest BCUT2D eigenvalue weighted by atomic mass is 16.5. The van der Waals surface area contributed by atoms with Crippen molar-refractivity contribution in [3.63, 3.8) is 0 Å². The van der Waals surface area contributed by atoms with Crippen LogP contribution in [0.5, 0.6) is 0 Å². The fourth-order valence-electron chi connectivity index (χ4n) is 1.70. The molecule has 0 N–H and O–H groups in total. The summed E-state index contributed by atoms with van der Waals surface area (Å²) in [6, 6.07) is 0.777. The zero-order valence-corrected chi connectivity index (χ0v) is 10.4. The molecule has 1 aliphatic heterocycles. The van der Waals surface area contributed by atoms with E-state index in [9.17, 15) is 0 Å². The average Bonchev–Trinajstić information content (AvgIpc) is 2.18. The second kappa shape index (κ2) is 9.47. The van der Waals surface area contributed by atoms with Crippen molar-refractivity contribution in [2.75, 3.05) is 26.8 Å². The number of hydrogen-bond acceptors (Lipinski definition) is 2. The molecular weight excluding hydrogens is 174 g/mol. The van der Waals surface area contributed by atoms with E-state index in [2.05, 4.69) is 25.7 Å². The number of hydrogen-bond donors (Lipinski definition) is 0. The minimum absolute atomic E-state index is 0.777. The summed E-state index contributed by atoms with van der Waals surface area (Å²) in [5, 5.41) is 0. The van der Waals surface area contributed by atoms with Crippen molar-refractivity contribution in [1.29, 1.82) is 0 Å². The Balaban J connectivity index is 0.000000500. The molecule has 1 fully saturated rings. The minimum atomic E-state index is 0.777. The van der Waals surface area contributed by atoms with Crippen molar-refractivity contribution in [2.24, 2.45) is 0 Å². The first-order valence-corrected chi connectivity index (χ1v) is 5.99. The van der Waals surface area contributed by atoms with Gasteiger partial charge in [-0.1, -0.05) is 26.7 Å². The molecule has 1 saturated heterocycles. The van der Waals surface area contributed by atoms with Gasteiger partial charge in [0.1, 0.15) is 0 Å². The Bertz CT molecular complexity index is 117. The van der Waals surface area contributed by atoms with E-state index in [1.165, 1.54) is 32.2 Å². The number of ether oxygens (including phenoxy) is 1. The van der Waals surface area contributed by atoms with Crippen LogP contribution in [0.25, 0.3) is 0 Å². The summed E-state index contributed by atoms with van der Waals surface area (Å²) < 4.78 is 5.05. The van der Waals surface area contributed by atoms with E-state index in [0.717, 1.165) is 19.2 Å². The van der Waals surface area contributed by atoms with Gasteiger partial charge in [0.15, 0.2) is 0 Å². The molecule has 0 bridgehead atoms. The van der Waals surface area contributed by atoms with Crippen molar-refractivity contribution < 1.29 is 4.74 Å². The minimum Gasteiger partial charge on any atom is -0.383 e. The first-order chi connectivity index (χ1) is 6.76. The lowest BCUT2D eigenvalue weighted by atomic mass is 10.0. The molecule has 0 aromatic rings. The molecule has 0 unspecified atom stereocenters. The molecule has 0 aromatic heterocycles. The average molecular weight is 201 g/mol.